The molecule has 7 aromatic carbocycles. The fourth-order valence-corrected chi connectivity index (χ4v) is 26.4. The third-order valence-corrected chi connectivity index (χ3v) is 32.1. The van der Waals surface area contributed by atoms with Gasteiger partial charge >= 0.3 is 29.8 Å². The molecule has 14 fully saturated rings. The summed E-state index contributed by atoms with van der Waals surface area (Å²) < 4.78 is 163. The second-order valence-electron chi connectivity index (χ2n) is 36.1. The molecule has 2 heterocycles. The molecular weight excluding hydrogens is 1620 g/mol. The molecule has 12 bridgehead atoms. The molecule has 2 saturated heterocycles. The lowest BCUT2D eigenvalue weighted by Gasteiger charge is -2.62. The van der Waals surface area contributed by atoms with Crippen molar-refractivity contribution >= 4 is 62.2 Å². The van der Waals surface area contributed by atoms with Gasteiger partial charge in [-0.3, -0.25) is 24.0 Å². The van der Waals surface area contributed by atoms with E-state index < -0.39 is 114 Å². The van der Waals surface area contributed by atoms with Gasteiger partial charge in [0, 0.05) is 67.2 Å². The molecule has 2 aliphatic heterocycles. The minimum Gasteiger partial charge on any atom is -0.459 e. The molecule has 120 heavy (non-hydrogen) atoms. The molecule has 11 nitrogen and oxygen atoms in total. The van der Waals surface area contributed by atoms with Crippen LogP contribution in [0.5, 0.6) is 0 Å². The lowest BCUT2D eigenvalue weighted by Crippen LogP contribution is -2.65. The van der Waals surface area contributed by atoms with E-state index in [1.807, 2.05) is 0 Å². The summed E-state index contributed by atoms with van der Waals surface area (Å²) in [5.74, 6) is -18.7. The maximum Gasteiger partial charge on any atom is 0.335 e. The minimum atomic E-state index is -4.35. The molecule has 24 heteroatoms. The van der Waals surface area contributed by atoms with Crippen molar-refractivity contribution in [2.45, 2.75) is 213 Å². The van der Waals surface area contributed by atoms with Gasteiger partial charge in [0.05, 0.1) is 51.2 Å². The SMILES string of the molecule is CC(C)(C)c1ccc([S+]2CCOCC2)cc1.CC(F)(F)COC(=O)C12CC3CC(C1)C(=O)C(C3)C2.CC(F)(F)COC(=O)C12CC3CC(C1)C(=O)C(C3)C2.CC(F)(F)COC(=O)C12CC3CC(C1)C1(OCC(F)(F)C(F)(F)CO1)C(C3)C2.c1ccc([S+](c2ccccc2)c2ccccc2)cc1.c1ccc([S+](c2ccccc2)c2ccccc2)cc1. The van der Waals surface area contributed by atoms with E-state index in [0.717, 1.165) is 52.7 Å². The standard InChI is InChI=1S/C18H22F6O4.2C18H15S.2C14H18F2O3.C14H21OS/c1-14(19,20)7-26-13(25)15-4-10-2-11(5-15)18(12(3-10)6-15)27-8-16(21,22)17(23,24)9-28-18;2*1-4-10-16(11-5-1)19(17-12-6-2-7-13-17)18-14-8-3-9-15-18;2*1-13(15,16)7-19-12(18)14-4-8-2-9(5-14)11(17)10(3-8)6-14;1-14(2,3)12-4-6-13(7-5-12)16-10-8-15-9-11-16/h10-12H,2-9H2,1H3;2*1-15H;2*8-10H,2-7H2,1H3;4-7H,8-11H2,1-3H3/q;2*+1;;;+1. The predicted octanol–water partition coefficient (Wildman–Crippen LogP) is 21.7. The molecule has 14 aliphatic rings. The molecule has 12 saturated carbocycles. The average molecular weight is 1730 g/mol. The van der Waals surface area contributed by atoms with E-state index in [9.17, 15) is 67.9 Å². The van der Waals surface area contributed by atoms with E-state index >= 15 is 0 Å². The fraction of sp³-hybridized carbons (Fsp3) is 0.510. The fourth-order valence-electron chi connectivity index (χ4n) is 20.4. The number of hydrogen-bond acceptors (Lipinski definition) is 11. The van der Waals surface area contributed by atoms with Gasteiger partial charge in [0.25, 0.3) is 17.8 Å². The number of Topliss-reactive ketones (excluding diaryl/α,β-unsaturated/α-hetero) is 2. The third kappa shape index (κ3) is 21.5. The molecule has 1 spiro atoms. The summed E-state index contributed by atoms with van der Waals surface area (Å²) in [5, 5.41) is 0. The summed E-state index contributed by atoms with van der Waals surface area (Å²) in [6.45, 7) is 5.10. The first kappa shape index (κ1) is 90.3. The molecule has 0 amide bonds. The summed E-state index contributed by atoms with van der Waals surface area (Å²) in [7, 11) is 0.403. The van der Waals surface area contributed by atoms with Crippen molar-refractivity contribution < 1.29 is 96.3 Å². The summed E-state index contributed by atoms with van der Waals surface area (Å²) in [6, 6.07) is 73.5. The van der Waals surface area contributed by atoms with Crippen LogP contribution < -0.4 is 0 Å². The molecule has 0 aromatic heterocycles. The van der Waals surface area contributed by atoms with Crippen LogP contribution in [0, 0.1) is 69.5 Å². The normalized spacial score (nSPS) is 28.1. The van der Waals surface area contributed by atoms with Crippen LogP contribution in [0.25, 0.3) is 0 Å². The third-order valence-electron chi connectivity index (χ3n) is 25.4. The van der Waals surface area contributed by atoms with Crippen LogP contribution in [-0.4, -0.2) is 123 Å². The molecular formula is C96H109F10O11S3+3. The lowest BCUT2D eigenvalue weighted by molar-refractivity contribution is -0.346. The van der Waals surface area contributed by atoms with Crippen LogP contribution in [0.2, 0.25) is 0 Å². The Morgan fingerprint density at radius 2 is 0.650 bits per heavy atom. The molecule has 12 aliphatic carbocycles. The number of ketones is 2. The monoisotopic (exact) mass is 1720 g/mol. The van der Waals surface area contributed by atoms with Gasteiger partial charge < -0.3 is 28.4 Å². The molecule has 0 radical (unpaired) electrons. The molecule has 6 atom stereocenters. The number of rotatable bonds is 16. The van der Waals surface area contributed by atoms with Gasteiger partial charge in [0.2, 0.25) is 0 Å². The van der Waals surface area contributed by atoms with Crippen LogP contribution in [0.4, 0.5) is 43.9 Å². The molecule has 0 N–H and O–H groups in total. The zero-order chi connectivity index (χ0) is 85.7. The summed E-state index contributed by atoms with van der Waals surface area (Å²) in [4.78, 5) is 70.6. The number of carbonyl (C=O) groups excluding carboxylic acids is 5. The molecule has 21 rings (SSSR count). The second kappa shape index (κ2) is 37.1. The summed E-state index contributed by atoms with van der Waals surface area (Å²) in [5.41, 5.74) is -0.646. The zero-order valence-electron chi connectivity index (χ0n) is 68.8. The second-order valence-corrected chi connectivity index (χ2v) is 42.4. The first-order chi connectivity index (χ1) is 56.8. The molecule has 644 valence electrons. The van der Waals surface area contributed by atoms with Gasteiger partial charge in [-0.05, 0) is 210 Å². The Morgan fingerprint density at radius 3 is 0.917 bits per heavy atom. The van der Waals surface area contributed by atoms with Gasteiger partial charge in [-0.25, -0.2) is 26.3 Å². The van der Waals surface area contributed by atoms with Crippen molar-refractivity contribution in [2.75, 3.05) is 57.8 Å². The van der Waals surface area contributed by atoms with Crippen molar-refractivity contribution in [3.8, 4) is 0 Å². The van der Waals surface area contributed by atoms with Gasteiger partial charge in [0.15, 0.2) is 59.9 Å². The summed E-state index contributed by atoms with van der Waals surface area (Å²) in [6.07, 6.45) is 8.63. The molecule has 6 unspecified atom stereocenters. The van der Waals surface area contributed by atoms with Crippen molar-refractivity contribution in [2.24, 2.45) is 69.5 Å². The quantitative estimate of drug-likeness (QED) is 0.0395. The highest BCUT2D eigenvalue weighted by molar-refractivity contribution is 7.97. The van der Waals surface area contributed by atoms with Gasteiger partial charge in [-0.1, -0.05) is 142 Å². The highest BCUT2D eigenvalue weighted by Gasteiger charge is 2.71. The van der Waals surface area contributed by atoms with E-state index in [1.54, 1.807) is 0 Å². The average Bonchev–Trinajstić information content (AvgIpc) is 1.70. The smallest absolute Gasteiger partial charge is 0.335 e. The van der Waals surface area contributed by atoms with E-state index in [1.165, 1.54) is 51.3 Å². The van der Waals surface area contributed by atoms with Crippen LogP contribution in [0.1, 0.15) is 143 Å². The Kier molecular flexibility index (Phi) is 27.9. The highest BCUT2D eigenvalue weighted by Crippen LogP contribution is 2.67. The minimum absolute atomic E-state index is 0.0146. The number of hydrogen-bond donors (Lipinski definition) is 0. The number of benzene rings is 7. The Morgan fingerprint density at radius 1 is 0.383 bits per heavy atom. The van der Waals surface area contributed by atoms with Gasteiger partial charge in [0.1, 0.15) is 36.3 Å². The van der Waals surface area contributed by atoms with Crippen LogP contribution in [0.15, 0.2) is 241 Å². The van der Waals surface area contributed by atoms with Crippen molar-refractivity contribution in [3.05, 3.63) is 212 Å². The zero-order valence-corrected chi connectivity index (χ0v) is 71.2. The molecule has 7 aromatic rings. The van der Waals surface area contributed by atoms with Crippen LogP contribution >= 0.6 is 0 Å². The first-order valence-corrected chi connectivity index (χ1v) is 45.8. The number of alkyl halides is 10. The lowest BCUT2D eigenvalue weighted by atomic mass is 9.47. The number of halogens is 10. The topological polar surface area (TPSA) is 141 Å². The largest absolute Gasteiger partial charge is 0.459 e. The van der Waals surface area contributed by atoms with E-state index in [2.05, 4.69) is 227 Å². The number of ether oxygens (including phenoxy) is 6. The van der Waals surface area contributed by atoms with Crippen LogP contribution in [-0.2, 0) is 90.5 Å². The number of esters is 3. The maximum absolute atomic E-state index is 13.8. The Balaban J connectivity index is 0.000000126. The van der Waals surface area contributed by atoms with E-state index in [0.29, 0.717) is 87.4 Å². The summed E-state index contributed by atoms with van der Waals surface area (Å²) >= 11 is 0. The van der Waals surface area contributed by atoms with Crippen molar-refractivity contribution in [1.82, 2.24) is 0 Å². The first-order valence-electron chi connectivity index (χ1n) is 41.7. The van der Waals surface area contributed by atoms with E-state index in [-0.39, 0.29) is 81.2 Å². The number of carbonyl (C=O) groups is 5. The van der Waals surface area contributed by atoms with Crippen LogP contribution in [0.3, 0.4) is 0 Å². The Hall–Kier alpha value is -7.48. The Labute approximate surface area is 706 Å². The highest BCUT2D eigenvalue weighted by atomic mass is 32.2. The van der Waals surface area contributed by atoms with Gasteiger partial charge in [-0.15, -0.1) is 0 Å². The maximum atomic E-state index is 13.8. The van der Waals surface area contributed by atoms with Crippen molar-refractivity contribution in [3.63, 3.8) is 0 Å². The van der Waals surface area contributed by atoms with Gasteiger partial charge in [-0.2, -0.15) is 17.6 Å². The Bertz CT molecular complexity index is 4130. The van der Waals surface area contributed by atoms with Crippen molar-refractivity contribution in [1.29, 1.82) is 0 Å². The van der Waals surface area contributed by atoms with E-state index in [4.69, 9.17) is 28.4 Å². The predicted molar refractivity (Wildman–Crippen MR) is 442 cm³/mol.